The fraction of sp³-hybridized carbons (Fsp3) is 0.176. The lowest BCUT2D eigenvalue weighted by molar-refractivity contribution is -0.385. The van der Waals surface area contributed by atoms with Crippen LogP contribution in [-0.4, -0.2) is 42.3 Å². The minimum atomic E-state index is -0.676. The van der Waals surface area contributed by atoms with E-state index in [1.54, 1.807) is 24.3 Å². The van der Waals surface area contributed by atoms with Crippen LogP contribution in [0.2, 0.25) is 5.02 Å². The SMILES string of the molecule is COc1ccc([N+](=O)[O-])c(C(=O)N(C)CC(=O)Nc2ccccc2Cl)c1. The molecule has 0 saturated heterocycles. The summed E-state index contributed by atoms with van der Waals surface area (Å²) >= 11 is 5.97. The number of hydrogen-bond donors (Lipinski definition) is 1. The van der Waals surface area contributed by atoms with Gasteiger partial charge < -0.3 is 15.0 Å². The Morgan fingerprint density at radius 1 is 1.27 bits per heavy atom. The number of rotatable bonds is 6. The molecule has 0 heterocycles. The van der Waals surface area contributed by atoms with Gasteiger partial charge in [0.2, 0.25) is 5.91 Å². The molecular formula is C17H16ClN3O5. The number of amides is 2. The summed E-state index contributed by atoms with van der Waals surface area (Å²) in [4.78, 5) is 36.2. The molecule has 0 aromatic heterocycles. The summed E-state index contributed by atoms with van der Waals surface area (Å²) < 4.78 is 5.01. The minimum Gasteiger partial charge on any atom is -0.497 e. The topological polar surface area (TPSA) is 102 Å². The average molecular weight is 378 g/mol. The summed E-state index contributed by atoms with van der Waals surface area (Å²) in [6, 6.07) is 10.5. The lowest BCUT2D eigenvalue weighted by atomic mass is 10.1. The molecule has 0 aliphatic heterocycles. The first-order chi connectivity index (χ1) is 12.3. The Balaban J connectivity index is 2.15. The summed E-state index contributed by atoms with van der Waals surface area (Å²) in [5, 5.41) is 14.1. The van der Waals surface area contributed by atoms with Gasteiger partial charge in [-0.1, -0.05) is 23.7 Å². The number of anilines is 1. The Bertz CT molecular complexity index is 856. The van der Waals surface area contributed by atoms with E-state index in [1.807, 2.05) is 0 Å². The Kier molecular flexibility index (Phi) is 6.13. The number of nitrogens with one attached hydrogen (secondary N) is 1. The molecule has 0 unspecified atom stereocenters. The van der Waals surface area contributed by atoms with Gasteiger partial charge in [-0.15, -0.1) is 0 Å². The highest BCUT2D eigenvalue weighted by Gasteiger charge is 2.25. The van der Waals surface area contributed by atoms with Crippen molar-refractivity contribution in [1.29, 1.82) is 0 Å². The number of carbonyl (C=O) groups is 2. The van der Waals surface area contributed by atoms with E-state index in [1.165, 1.54) is 32.4 Å². The first-order valence-electron chi connectivity index (χ1n) is 7.45. The third-order valence-corrected chi connectivity index (χ3v) is 3.84. The summed E-state index contributed by atoms with van der Waals surface area (Å²) in [5.74, 6) is -0.864. The van der Waals surface area contributed by atoms with Gasteiger partial charge in [0.1, 0.15) is 11.3 Å². The molecule has 2 amide bonds. The van der Waals surface area contributed by atoms with Crippen molar-refractivity contribution >= 4 is 34.8 Å². The van der Waals surface area contributed by atoms with Crippen molar-refractivity contribution in [3.63, 3.8) is 0 Å². The van der Waals surface area contributed by atoms with E-state index in [9.17, 15) is 19.7 Å². The van der Waals surface area contributed by atoms with Gasteiger partial charge in [0, 0.05) is 13.1 Å². The van der Waals surface area contributed by atoms with Gasteiger partial charge in [0.05, 0.1) is 29.3 Å². The van der Waals surface area contributed by atoms with Crippen LogP contribution in [-0.2, 0) is 4.79 Å². The number of hydrogen-bond acceptors (Lipinski definition) is 5. The molecule has 0 saturated carbocycles. The van der Waals surface area contributed by atoms with Gasteiger partial charge in [-0.05, 0) is 24.3 Å². The Morgan fingerprint density at radius 3 is 2.58 bits per heavy atom. The van der Waals surface area contributed by atoms with Crippen LogP contribution in [0.4, 0.5) is 11.4 Å². The lowest BCUT2D eigenvalue weighted by Crippen LogP contribution is -2.35. The van der Waals surface area contributed by atoms with E-state index in [2.05, 4.69) is 5.32 Å². The maximum atomic E-state index is 12.6. The standard InChI is InChI=1S/C17H16ClN3O5/c1-20(10-16(22)19-14-6-4-3-5-13(14)18)17(23)12-9-11(26-2)7-8-15(12)21(24)25/h3-9H,10H2,1-2H3,(H,19,22). The van der Waals surface area contributed by atoms with Crippen molar-refractivity contribution in [2.24, 2.45) is 0 Å². The second kappa shape index (κ2) is 8.30. The predicted octanol–water partition coefficient (Wildman–Crippen LogP) is 2.97. The fourth-order valence-corrected chi connectivity index (χ4v) is 2.40. The van der Waals surface area contributed by atoms with Crippen molar-refractivity contribution < 1.29 is 19.2 Å². The first-order valence-corrected chi connectivity index (χ1v) is 7.83. The van der Waals surface area contributed by atoms with Crippen LogP contribution in [0, 0.1) is 10.1 Å². The van der Waals surface area contributed by atoms with E-state index in [0.717, 1.165) is 4.90 Å². The third kappa shape index (κ3) is 4.48. The van der Waals surface area contributed by atoms with Crippen molar-refractivity contribution in [1.82, 2.24) is 4.90 Å². The maximum Gasteiger partial charge on any atom is 0.282 e. The van der Waals surface area contributed by atoms with Crippen molar-refractivity contribution in [2.45, 2.75) is 0 Å². The molecule has 26 heavy (non-hydrogen) atoms. The van der Waals surface area contributed by atoms with Crippen molar-refractivity contribution in [3.05, 3.63) is 63.2 Å². The molecular weight excluding hydrogens is 362 g/mol. The first kappa shape index (κ1) is 19.2. The number of likely N-dealkylation sites (N-methyl/N-ethyl adjacent to an activating group) is 1. The summed E-state index contributed by atoms with van der Waals surface area (Å²) in [6.45, 7) is -0.307. The number of ether oxygens (including phenoxy) is 1. The van der Waals surface area contributed by atoms with Crippen LogP contribution in [0.5, 0.6) is 5.75 Å². The summed E-state index contributed by atoms with van der Waals surface area (Å²) in [5.41, 5.74) is -0.121. The number of nitro benzene ring substituents is 1. The average Bonchev–Trinajstić information content (AvgIpc) is 2.62. The molecule has 0 bridgehead atoms. The number of benzene rings is 2. The minimum absolute atomic E-state index is 0.164. The van der Waals surface area contributed by atoms with Gasteiger partial charge >= 0.3 is 0 Å². The molecule has 9 heteroatoms. The van der Waals surface area contributed by atoms with Crippen LogP contribution < -0.4 is 10.1 Å². The second-order valence-electron chi connectivity index (χ2n) is 5.33. The molecule has 0 aliphatic rings. The molecule has 8 nitrogen and oxygen atoms in total. The van der Waals surface area contributed by atoms with E-state index in [0.29, 0.717) is 16.5 Å². The normalized spacial score (nSPS) is 10.1. The number of para-hydroxylation sites is 1. The Hall–Kier alpha value is -3.13. The zero-order chi connectivity index (χ0) is 19.3. The Morgan fingerprint density at radius 2 is 1.96 bits per heavy atom. The van der Waals surface area contributed by atoms with E-state index in [4.69, 9.17) is 16.3 Å². The van der Waals surface area contributed by atoms with Crippen LogP contribution >= 0.6 is 11.6 Å². The van der Waals surface area contributed by atoms with E-state index < -0.39 is 16.7 Å². The molecule has 1 N–H and O–H groups in total. The van der Waals surface area contributed by atoms with E-state index in [-0.39, 0.29) is 17.8 Å². The van der Waals surface area contributed by atoms with Gasteiger partial charge in [0.25, 0.3) is 11.6 Å². The zero-order valence-corrected chi connectivity index (χ0v) is 14.8. The van der Waals surface area contributed by atoms with Crippen LogP contribution in [0.1, 0.15) is 10.4 Å². The molecule has 0 aliphatic carbocycles. The summed E-state index contributed by atoms with van der Waals surface area (Å²) in [7, 11) is 2.76. The van der Waals surface area contributed by atoms with Gasteiger partial charge in [0.15, 0.2) is 0 Å². The van der Waals surface area contributed by atoms with Gasteiger partial charge in [-0.25, -0.2) is 0 Å². The molecule has 2 rings (SSSR count). The smallest absolute Gasteiger partial charge is 0.282 e. The number of halogens is 1. The fourth-order valence-electron chi connectivity index (χ4n) is 2.22. The molecule has 2 aromatic rings. The monoisotopic (exact) mass is 377 g/mol. The van der Waals surface area contributed by atoms with Crippen LogP contribution in [0.25, 0.3) is 0 Å². The van der Waals surface area contributed by atoms with Crippen LogP contribution in [0.15, 0.2) is 42.5 Å². The van der Waals surface area contributed by atoms with Crippen molar-refractivity contribution in [2.75, 3.05) is 26.0 Å². The second-order valence-corrected chi connectivity index (χ2v) is 5.74. The molecule has 0 spiro atoms. The zero-order valence-electron chi connectivity index (χ0n) is 14.1. The molecule has 2 aromatic carbocycles. The highest BCUT2D eigenvalue weighted by atomic mass is 35.5. The molecule has 0 fully saturated rings. The number of nitro groups is 1. The quantitative estimate of drug-likeness (QED) is 0.616. The number of nitrogens with zero attached hydrogens (tertiary/aromatic N) is 2. The summed E-state index contributed by atoms with van der Waals surface area (Å²) in [6.07, 6.45) is 0. The largest absolute Gasteiger partial charge is 0.497 e. The number of carbonyl (C=O) groups excluding carboxylic acids is 2. The van der Waals surface area contributed by atoms with Gasteiger partial charge in [-0.2, -0.15) is 0 Å². The maximum absolute atomic E-state index is 12.6. The molecule has 0 radical (unpaired) electrons. The van der Waals surface area contributed by atoms with Crippen molar-refractivity contribution in [3.8, 4) is 5.75 Å². The highest BCUT2D eigenvalue weighted by Crippen LogP contribution is 2.25. The third-order valence-electron chi connectivity index (χ3n) is 3.51. The Labute approximate surface area is 154 Å². The van der Waals surface area contributed by atoms with Gasteiger partial charge in [-0.3, -0.25) is 19.7 Å². The highest BCUT2D eigenvalue weighted by molar-refractivity contribution is 6.33. The molecule has 136 valence electrons. The molecule has 0 atom stereocenters. The lowest BCUT2D eigenvalue weighted by Gasteiger charge is -2.17. The number of methoxy groups -OCH3 is 1. The predicted molar refractivity (Wildman–Crippen MR) is 96.7 cm³/mol. The van der Waals surface area contributed by atoms with Crippen LogP contribution in [0.3, 0.4) is 0 Å². The van der Waals surface area contributed by atoms with E-state index >= 15 is 0 Å².